The first-order valence-electron chi connectivity index (χ1n) is 9.64. The molecule has 2 aromatic rings. The van der Waals surface area contributed by atoms with Crippen molar-refractivity contribution in [2.45, 2.75) is 25.3 Å². The Balaban J connectivity index is 1.63. The van der Waals surface area contributed by atoms with Gasteiger partial charge in [0.2, 0.25) is 15.8 Å². The van der Waals surface area contributed by atoms with Crippen LogP contribution in [0.4, 0.5) is 4.39 Å². The molecule has 3 rings (SSSR count). The molecule has 1 aliphatic rings. The van der Waals surface area contributed by atoms with Gasteiger partial charge in [0.05, 0.1) is 31.1 Å². The van der Waals surface area contributed by atoms with Crippen LogP contribution in [0.3, 0.4) is 0 Å². The van der Waals surface area contributed by atoms with Gasteiger partial charge in [-0.25, -0.2) is 12.8 Å². The molecule has 0 radical (unpaired) electrons. The van der Waals surface area contributed by atoms with Crippen molar-refractivity contribution >= 4 is 15.8 Å². The number of rotatable bonds is 7. The number of aryl methyl sites for hydroxylation is 1. The van der Waals surface area contributed by atoms with Crippen LogP contribution in [0, 0.1) is 19.7 Å². The van der Waals surface area contributed by atoms with Crippen LogP contribution >= 0.6 is 0 Å². The molecule has 1 aromatic carbocycles. The Morgan fingerprint density at radius 1 is 1.21 bits per heavy atom. The molecule has 156 valence electrons. The topological polar surface area (TPSA) is 63.8 Å². The van der Waals surface area contributed by atoms with Crippen LogP contribution < -0.4 is 4.90 Å². The van der Waals surface area contributed by atoms with Crippen molar-refractivity contribution in [2.75, 3.05) is 32.7 Å². The number of Topliss-reactive ketones (excluding diaryl/α,β-unsaturated/α-hetero) is 1. The van der Waals surface area contributed by atoms with Gasteiger partial charge in [0, 0.05) is 23.5 Å². The van der Waals surface area contributed by atoms with Crippen LogP contribution in [-0.2, 0) is 16.6 Å². The van der Waals surface area contributed by atoms with E-state index < -0.39 is 15.8 Å². The highest BCUT2D eigenvalue weighted by atomic mass is 32.2. The second kappa shape index (κ2) is 8.61. The van der Waals surface area contributed by atoms with Crippen LogP contribution in [0.2, 0.25) is 0 Å². The third-order valence-electron chi connectivity index (χ3n) is 5.48. The van der Waals surface area contributed by atoms with Crippen LogP contribution in [0.25, 0.3) is 0 Å². The Morgan fingerprint density at radius 3 is 2.41 bits per heavy atom. The van der Waals surface area contributed by atoms with E-state index in [-0.39, 0.29) is 10.7 Å². The quantitative estimate of drug-likeness (QED) is 0.541. The molecule has 0 bridgehead atoms. The van der Waals surface area contributed by atoms with Crippen molar-refractivity contribution in [3.8, 4) is 0 Å². The maximum Gasteiger partial charge on any atom is 0.243 e. The van der Waals surface area contributed by atoms with Crippen LogP contribution in [0.5, 0.6) is 0 Å². The number of nitrogens with zero attached hydrogens (tertiary/aromatic N) is 2. The number of hydrogen-bond acceptors (Lipinski definition) is 3. The van der Waals surface area contributed by atoms with Crippen LogP contribution in [0.15, 0.2) is 47.9 Å². The zero-order valence-corrected chi connectivity index (χ0v) is 17.6. The molecule has 0 amide bonds. The van der Waals surface area contributed by atoms with E-state index >= 15 is 0 Å². The lowest BCUT2D eigenvalue weighted by Crippen LogP contribution is -3.15. The molecule has 29 heavy (non-hydrogen) atoms. The summed E-state index contributed by atoms with van der Waals surface area (Å²) in [6.45, 7) is 10.4. The largest absolute Gasteiger partial charge is 0.345 e. The second-order valence-corrected chi connectivity index (χ2v) is 9.33. The van der Waals surface area contributed by atoms with Gasteiger partial charge in [0.25, 0.3) is 0 Å². The maximum atomic E-state index is 13.1. The van der Waals surface area contributed by atoms with E-state index in [0.29, 0.717) is 39.3 Å². The van der Waals surface area contributed by atoms with Crippen molar-refractivity contribution in [3.63, 3.8) is 0 Å². The number of halogens is 1. The van der Waals surface area contributed by atoms with E-state index in [4.69, 9.17) is 0 Å². The average Bonchev–Trinajstić information content (AvgIpc) is 2.97. The number of carbonyl (C=O) groups is 1. The van der Waals surface area contributed by atoms with Crippen molar-refractivity contribution in [2.24, 2.45) is 0 Å². The summed E-state index contributed by atoms with van der Waals surface area (Å²) in [6, 6.07) is 6.78. The molecule has 1 aromatic heterocycles. The molecule has 0 unspecified atom stereocenters. The lowest BCUT2D eigenvalue weighted by Gasteiger charge is -2.31. The van der Waals surface area contributed by atoms with E-state index in [1.165, 1.54) is 16.4 Å². The van der Waals surface area contributed by atoms with E-state index in [1.807, 2.05) is 19.9 Å². The Kier molecular flexibility index (Phi) is 6.36. The first-order chi connectivity index (χ1) is 13.7. The monoisotopic (exact) mass is 420 g/mol. The van der Waals surface area contributed by atoms with Gasteiger partial charge >= 0.3 is 0 Å². The van der Waals surface area contributed by atoms with E-state index in [2.05, 4.69) is 11.1 Å². The zero-order chi connectivity index (χ0) is 21.2. The van der Waals surface area contributed by atoms with Gasteiger partial charge in [-0.3, -0.25) is 4.79 Å². The summed E-state index contributed by atoms with van der Waals surface area (Å²) in [5, 5.41) is 0. The van der Waals surface area contributed by atoms with Crippen molar-refractivity contribution in [1.82, 2.24) is 8.87 Å². The van der Waals surface area contributed by atoms with Crippen LogP contribution in [0.1, 0.15) is 21.7 Å². The van der Waals surface area contributed by atoms with Crippen LogP contribution in [-0.4, -0.2) is 55.8 Å². The highest BCUT2D eigenvalue weighted by Gasteiger charge is 2.31. The highest BCUT2D eigenvalue weighted by Crippen LogP contribution is 2.17. The fourth-order valence-corrected chi connectivity index (χ4v) is 5.23. The summed E-state index contributed by atoms with van der Waals surface area (Å²) in [4.78, 5) is 14.0. The third-order valence-corrected chi connectivity index (χ3v) is 7.39. The molecule has 1 fully saturated rings. The number of hydrogen-bond donors (Lipinski definition) is 1. The van der Waals surface area contributed by atoms with Crippen molar-refractivity contribution in [3.05, 3.63) is 65.8 Å². The van der Waals surface area contributed by atoms with E-state index in [0.717, 1.165) is 34.0 Å². The minimum absolute atomic E-state index is 0.0678. The molecule has 2 heterocycles. The molecule has 0 atom stereocenters. The number of nitrogens with one attached hydrogen (secondary N) is 1. The summed E-state index contributed by atoms with van der Waals surface area (Å²) >= 11 is 0. The van der Waals surface area contributed by atoms with Gasteiger partial charge in [-0.2, -0.15) is 4.31 Å². The van der Waals surface area contributed by atoms with Gasteiger partial charge < -0.3 is 9.47 Å². The summed E-state index contributed by atoms with van der Waals surface area (Å²) in [5.74, 6) is -0.401. The number of aromatic nitrogens is 1. The summed E-state index contributed by atoms with van der Waals surface area (Å²) in [6.07, 6.45) is 1.81. The molecular weight excluding hydrogens is 393 g/mol. The average molecular weight is 421 g/mol. The number of benzene rings is 1. The molecule has 0 aliphatic carbocycles. The molecule has 0 saturated carbocycles. The highest BCUT2D eigenvalue weighted by molar-refractivity contribution is 7.89. The van der Waals surface area contributed by atoms with E-state index in [9.17, 15) is 17.6 Å². The molecule has 1 saturated heterocycles. The number of piperazine rings is 1. The smallest absolute Gasteiger partial charge is 0.243 e. The Bertz CT molecular complexity index is 1000. The zero-order valence-electron chi connectivity index (χ0n) is 16.8. The lowest BCUT2D eigenvalue weighted by atomic mass is 10.1. The molecular formula is C21H27FN3O3S+. The molecule has 8 heteroatoms. The van der Waals surface area contributed by atoms with Gasteiger partial charge in [-0.1, -0.05) is 6.08 Å². The number of carbonyl (C=O) groups excluding carboxylic acids is 1. The van der Waals surface area contributed by atoms with Gasteiger partial charge in [0.15, 0.2) is 0 Å². The van der Waals surface area contributed by atoms with Gasteiger partial charge in [-0.15, -0.1) is 6.58 Å². The third kappa shape index (κ3) is 4.49. The molecule has 1 N–H and O–H groups in total. The summed E-state index contributed by atoms with van der Waals surface area (Å²) in [7, 11) is -3.64. The first-order valence-corrected chi connectivity index (χ1v) is 11.1. The lowest BCUT2D eigenvalue weighted by molar-refractivity contribution is -0.895. The van der Waals surface area contributed by atoms with Crippen molar-refractivity contribution in [1.29, 1.82) is 0 Å². The fraction of sp³-hybridized carbons (Fsp3) is 0.381. The predicted molar refractivity (Wildman–Crippen MR) is 109 cm³/mol. The summed E-state index contributed by atoms with van der Waals surface area (Å²) < 4.78 is 42.0. The SMILES string of the molecule is C=CCn1c(C)cc(C(=O)C[NH+]2CCN(S(=O)(=O)c3ccc(F)cc3)CC2)c1C. The predicted octanol–water partition coefficient (Wildman–Crippen LogP) is 1.20. The van der Waals surface area contributed by atoms with Gasteiger partial charge in [0.1, 0.15) is 12.4 Å². The normalized spacial score (nSPS) is 16.1. The summed E-state index contributed by atoms with van der Waals surface area (Å²) in [5.41, 5.74) is 2.68. The number of allylic oxidation sites excluding steroid dienone is 1. The standard InChI is InChI=1S/C21H26FN3O3S/c1-4-9-25-16(2)14-20(17(25)3)21(26)15-23-10-12-24(13-11-23)29(27,28)19-7-5-18(22)6-8-19/h4-8,14H,1,9-13,15H2,2-3H3/p+1. The molecule has 1 aliphatic heterocycles. The maximum absolute atomic E-state index is 13.1. The Hall–Kier alpha value is -2.29. The van der Waals surface area contributed by atoms with E-state index in [1.54, 1.807) is 6.08 Å². The molecule has 0 spiro atoms. The first kappa shape index (κ1) is 21.4. The Labute approximate surface area is 171 Å². The second-order valence-electron chi connectivity index (χ2n) is 7.39. The number of sulfonamides is 1. The number of quaternary nitrogens is 1. The van der Waals surface area contributed by atoms with Crippen molar-refractivity contribution < 1.29 is 22.5 Å². The fourth-order valence-electron chi connectivity index (χ4n) is 3.79. The van der Waals surface area contributed by atoms with Gasteiger partial charge in [-0.05, 0) is 44.2 Å². The minimum atomic E-state index is -3.64. The Morgan fingerprint density at radius 2 is 1.83 bits per heavy atom. The molecule has 6 nitrogen and oxygen atoms in total. The number of ketones is 1. The minimum Gasteiger partial charge on any atom is -0.345 e.